The number of hydrogen-bond donors (Lipinski definition) is 2. The van der Waals surface area contributed by atoms with E-state index < -0.39 is 5.54 Å². The van der Waals surface area contributed by atoms with E-state index in [1.54, 1.807) is 0 Å². The predicted octanol–water partition coefficient (Wildman–Crippen LogP) is 1.44. The third-order valence-electron chi connectivity index (χ3n) is 4.60. The molecule has 2 aliphatic rings. The van der Waals surface area contributed by atoms with E-state index in [2.05, 4.69) is 15.2 Å². The zero-order chi connectivity index (χ0) is 15.6. The van der Waals surface area contributed by atoms with Gasteiger partial charge in [0.2, 0.25) is 5.91 Å². The van der Waals surface area contributed by atoms with Gasteiger partial charge in [0.15, 0.2) is 0 Å². The van der Waals surface area contributed by atoms with Crippen LogP contribution < -0.4 is 16.0 Å². The Labute approximate surface area is 131 Å². The van der Waals surface area contributed by atoms with E-state index in [1.807, 2.05) is 19.1 Å². The zero-order valence-corrected chi connectivity index (χ0v) is 13.1. The van der Waals surface area contributed by atoms with Gasteiger partial charge in [-0.25, -0.2) is 4.98 Å². The second kappa shape index (κ2) is 6.22. The van der Waals surface area contributed by atoms with E-state index in [1.165, 1.54) is 0 Å². The molecule has 3 rings (SSSR count). The molecule has 6 heteroatoms. The van der Waals surface area contributed by atoms with Crippen molar-refractivity contribution in [2.75, 3.05) is 36.5 Å². The summed E-state index contributed by atoms with van der Waals surface area (Å²) in [5.74, 6) is 0.844. The molecular formula is C16H24N4O2. The van der Waals surface area contributed by atoms with Gasteiger partial charge in [-0.2, -0.15) is 0 Å². The van der Waals surface area contributed by atoms with Crippen LogP contribution in [0.25, 0.3) is 0 Å². The van der Waals surface area contributed by atoms with Gasteiger partial charge in [-0.3, -0.25) is 4.79 Å². The number of amides is 1. The van der Waals surface area contributed by atoms with Crippen molar-refractivity contribution < 1.29 is 9.53 Å². The lowest BCUT2D eigenvalue weighted by molar-refractivity contribution is -0.121. The van der Waals surface area contributed by atoms with Crippen molar-refractivity contribution in [3.05, 3.63) is 17.8 Å². The molecule has 0 atom stereocenters. The smallest absolute Gasteiger partial charge is 0.244 e. The summed E-state index contributed by atoms with van der Waals surface area (Å²) in [4.78, 5) is 19.2. The molecule has 1 amide bonds. The van der Waals surface area contributed by atoms with Crippen molar-refractivity contribution >= 4 is 17.4 Å². The molecule has 1 aliphatic carbocycles. The van der Waals surface area contributed by atoms with Crippen LogP contribution in [0, 0.1) is 6.92 Å². The first-order chi connectivity index (χ1) is 10.6. The minimum atomic E-state index is -0.713. The van der Waals surface area contributed by atoms with Gasteiger partial charge >= 0.3 is 0 Å². The maximum Gasteiger partial charge on any atom is 0.244 e. The molecule has 1 saturated carbocycles. The van der Waals surface area contributed by atoms with Crippen molar-refractivity contribution in [3.63, 3.8) is 0 Å². The summed E-state index contributed by atoms with van der Waals surface area (Å²) >= 11 is 0. The molecule has 3 N–H and O–H groups in total. The molecule has 0 radical (unpaired) electrons. The molecule has 0 spiro atoms. The van der Waals surface area contributed by atoms with Crippen molar-refractivity contribution in [3.8, 4) is 0 Å². The van der Waals surface area contributed by atoms with E-state index >= 15 is 0 Å². The van der Waals surface area contributed by atoms with Gasteiger partial charge in [0, 0.05) is 13.1 Å². The highest BCUT2D eigenvalue weighted by molar-refractivity contribution is 5.98. The number of pyridine rings is 1. The van der Waals surface area contributed by atoms with Crippen LogP contribution in [-0.2, 0) is 9.53 Å². The first kappa shape index (κ1) is 15.2. The number of nitrogens with two attached hydrogens (primary N) is 1. The number of aromatic nitrogens is 1. The molecule has 0 unspecified atom stereocenters. The third kappa shape index (κ3) is 3.08. The Hall–Kier alpha value is -1.66. The van der Waals surface area contributed by atoms with Crippen molar-refractivity contribution in [2.24, 2.45) is 5.73 Å². The minimum absolute atomic E-state index is 0.0889. The number of carbonyl (C=O) groups is 1. The average molecular weight is 304 g/mol. The summed E-state index contributed by atoms with van der Waals surface area (Å²) in [5, 5.41) is 2.95. The molecule has 120 valence electrons. The Balaban J connectivity index is 1.70. The molecule has 22 heavy (non-hydrogen) atoms. The van der Waals surface area contributed by atoms with Crippen LogP contribution in [0.1, 0.15) is 31.4 Å². The SMILES string of the molecule is Cc1nc(N2CCOCC2)ccc1NC(=O)C1(N)CCCC1. The van der Waals surface area contributed by atoms with Gasteiger partial charge in [0.05, 0.1) is 30.1 Å². The van der Waals surface area contributed by atoms with Crippen LogP contribution in [0.3, 0.4) is 0 Å². The summed E-state index contributed by atoms with van der Waals surface area (Å²) in [5.41, 5.74) is 7.05. The molecule has 1 aliphatic heterocycles. The first-order valence-corrected chi connectivity index (χ1v) is 7.99. The number of morpholine rings is 1. The fourth-order valence-electron chi connectivity index (χ4n) is 3.13. The Morgan fingerprint density at radius 3 is 2.64 bits per heavy atom. The first-order valence-electron chi connectivity index (χ1n) is 7.99. The van der Waals surface area contributed by atoms with Gasteiger partial charge in [0.25, 0.3) is 0 Å². The van der Waals surface area contributed by atoms with Crippen molar-refractivity contribution in [1.82, 2.24) is 4.98 Å². The van der Waals surface area contributed by atoms with Crippen molar-refractivity contribution in [2.45, 2.75) is 38.1 Å². The second-order valence-electron chi connectivity index (χ2n) is 6.22. The molecule has 2 fully saturated rings. The number of ether oxygens (including phenoxy) is 1. The van der Waals surface area contributed by atoms with Gasteiger partial charge in [0.1, 0.15) is 5.82 Å². The van der Waals surface area contributed by atoms with E-state index in [0.717, 1.165) is 69.2 Å². The van der Waals surface area contributed by atoms with Crippen LogP contribution in [0.5, 0.6) is 0 Å². The van der Waals surface area contributed by atoms with Crippen LogP contribution in [0.15, 0.2) is 12.1 Å². The Morgan fingerprint density at radius 1 is 1.32 bits per heavy atom. The van der Waals surface area contributed by atoms with Crippen LogP contribution in [-0.4, -0.2) is 42.7 Å². The zero-order valence-electron chi connectivity index (χ0n) is 13.1. The number of nitrogens with zero attached hydrogens (tertiary/aromatic N) is 2. The van der Waals surface area contributed by atoms with E-state index in [0.29, 0.717) is 0 Å². The Bertz CT molecular complexity index is 549. The van der Waals surface area contributed by atoms with Crippen LogP contribution in [0.4, 0.5) is 11.5 Å². The summed E-state index contributed by atoms with van der Waals surface area (Å²) in [6.07, 6.45) is 3.57. The lowest BCUT2D eigenvalue weighted by Gasteiger charge is -2.28. The number of aryl methyl sites for hydroxylation is 1. The fraction of sp³-hybridized carbons (Fsp3) is 0.625. The largest absolute Gasteiger partial charge is 0.378 e. The van der Waals surface area contributed by atoms with Gasteiger partial charge in [-0.15, -0.1) is 0 Å². The second-order valence-corrected chi connectivity index (χ2v) is 6.22. The highest BCUT2D eigenvalue weighted by Gasteiger charge is 2.37. The molecule has 0 aromatic carbocycles. The molecule has 6 nitrogen and oxygen atoms in total. The van der Waals surface area contributed by atoms with E-state index in [9.17, 15) is 4.79 Å². The lowest BCUT2D eigenvalue weighted by atomic mass is 9.98. The standard InChI is InChI=1S/C16H24N4O2/c1-12-13(19-15(21)16(17)6-2-3-7-16)4-5-14(18-12)20-8-10-22-11-9-20/h4-5H,2-3,6-11,17H2,1H3,(H,19,21). The minimum Gasteiger partial charge on any atom is -0.378 e. The third-order valence-corrected chi connectivity index (χ3v) is 4.60. The lowest BCUT2D eigenvalue weighted by Crippen LogP contribution is -2.48. The molecule has 1 saturated heterocycles. The maximum atomic E-state index is 12.4. The monoisotopic (exact) mass is 304 g/mol. The average Bonchev–Trinajstić information content (AvgIpc) is 2.98. The molecule has 1 aromatic rings. The Morgan fingerprint density at radius 2 is 2.00 bits per heavy atom. The molecule has 0 bridgehead atoms. The van der Waals surface area contributed by atoms with Gasteiger partial charge in [-0.05, 0) is 31.9 Å². The fourth-order valence-corrected chi connectivity index (χ4v) is 3.13. The summed E-state index contributed by atoms with van der Waals surface area (Å²) in [6, 6.07) is 3.87. The highest BCUT2D eigenvalue weighted by atomic mass is 16.5. The van der Waals surface area contributed by atoms with Crippen LogP contribution >= 0.6 is 0 Å². The Kier molecular flexibility index (Phi) is 4.31. The molecular weight excluding hydrogens is 280 g/mol. The number of rotatable bonds is 3. The summed E-state index contributed by atoms with van der Waals surface area (Å²) < 4.78 is 5.36. The van der Waals surface area contributed by atoms with Crippen molar-refractivity contribution in [1.29, 1.82) is 0 Å². The van der Waals surface area contributed by atoms with Gasteiger partial charge < -0.3 is 20.7 Å². The quantitative estimate of drug-likeness (QED) is 0.883. The number of nitrogens with one attached hydrogen (secondary N) is 1. The highest BCUT2D eigenvalue weighted by Crippen LogP contribution is 2.29. The predicted molar refractivity (Wildman–Crippen MR) is 86.0 cm³/mol. The van der Waals surface area contributed by atoms with E-state index in [-0.39, 0.29) is 5.91 Å². The summed E-state index contributed by atoms with van der Waals surface area (Å²) in [6.45, 7) is 5.08. The summed E-state index contributed by atoms with van der Waals surface area (Å²) in [7, 11) is 0. The van der Waals surface area contributed by atoms with Crippen LogP contribution in [0.2, 0.25) is 0 Å². The van der Waals surface area contributed by atoms with Gasteiger partial charge in [-0.1, -0.05) is 12.8 Å². The number of carbonyl (C=O) groups excluding carboxylic acids is 1. The normalized spacial score (nSPS) is 20.9. The topological polar surface area (TPSA) is 80.5 Å². The maximum absolute atomic E-state index is 12.4. The number of hydrogen-bond acceptors (Lipinski definition) is 5. The molecule has 2 heterocycles. The molecule has 1 aromatic heterocycles. The number of anilines is 2. The van der Waals surface area contributed by atoms with E-state index in [4.69, 9.17) is 10.5 Å².